The molecule has 0 radical (unpaired) electrons. The number of piperidine rings is 3. The molecule has 4 heterocycles. The lowest BCUT2D eigenvalue weighted by Crippen LogP contribution is -2.54. The highest BCUT2D eigenvalue weighted by molar-refractivity contribution is 6.23. The van der Waals surface area contributed by atoms with E-state index in [1.54, 1.807) is 12.1 Å². The summed E-state index contributed by atoms with van der Waals surface area (Å²) in [5, 5.41) is 2.24. The van der Waals surface area contributed by atoms with Crippen molar-refractivity contribution in [2.24, 2.45) is 17.8 Å². The Morgan fingerprint density at radius 3 is 2.34 bits per heavy atom. The predicted octanol–water partition coefficient (Wildman–Crippen LogP) is 1.26. The Hall–Kier alpha value is -2.74. The van der Waals surface area contributed by atoms with E-state index in [0.29, 0.717) is 11.1 Å². The van der Waals surface area contributed by atoms with Gasteiger partial charge in [0.05, 0.1) is 11.1 Å². The van der Waals surface area contributed by atoms with Crippen molar-refractivity contribution in [3.8, 4) is 0 Å². The summed E-state index contributed by atoms with van der Waals surface area (Å²) in [5.41, 5.74) is 1.65. The zero-order valence-electron chi connectivity index (χ0n) is 18.1. The molecule has 1 saturated carbocycles. The molecule has 1 N–H and O–H groups in total. The molecule has 1 aromatic rings. The number of imide groups is 2. The Labute approximate surface area is 186 Å². The summed E-state index contributed by atoms with van der Waals surface area (Å²) in [5.74, 6) is 0.841. The summed E-state index contributed by atoms with van der Waals surface area (Å²) in [6, 6.07) is 4.50. The third-order valence-corrected chi connectivity index (χ3v) is 7.97. The fourth-order valence-corrected chi connectivity index (χ4v) is 6.04. The van der Waals surface area contributed by atoms with Gasteiger partial charge >= 0.3 is 0 Å². The molecular formula is C24H28N4O4. The van der Waals surface area contributed by atoms with E-state index in [-0.39, 0.29) is 18.7 Å². The highest BCUT2D eigenvalue weighted by Gasteiger charge is 2.46. The van der Waals surface area contributed by atoms with Gasteiger partial charge in [-0.25, -0.2) is 0 Å². The number of amides is 4. The van der Waals surface area contributed by atoms with Crippen LogP contribution in [-0.4, -0.2) is 72.2 Å². The van der Waals surface area contributed by atoms with Crippen molar-refractivity contribution >= 4 is 29.3 Å². The van der Waals surface area contributed by atoms with E-state index in [9.17, 15) is 19.2 Å². The van der Waals surface area contributed by atoms with Crippen LogP contribution < -0.4 is 10.2 Å². The first kappa shape index (κ1) is 19.9. The van der Waals surface area contributed by atoms with Crippen LogP contribution in [0.15, 0.2) is 18.2 Å². The normalized spacial score (nSPS) is 30.6. The van der Waals surface area contributed by atoms with Crippen molar-refractivity contribution in [1.82, 2.24) is 15.1 Å². The summed E-state index contributed by atoms with van der Waals surface area (Å²) >= 11 is 0. The van der Waals surface area contributed by atoms with Crippen molar-refractivity contribution in [1.29, 1.82) is 0 Å². The molecule has 4 amide bonds. The van der Waals surface area contributed by atoms with E-state index < -0.39 is 23.8 Å². The summed E-state index contributed by atoms with van der Waals surface area (Å²) in [7, 11) is 0. The van der Waals surface area contributed by atoms with Crippen LogP contribution in [0.3, 0.4) is 0 Å². The van der Waals surface area contributed by atoms with Crippen LogP contribution in [0.4, 0.5) is 5.69 Å². The zero-order valence-corrected chi connectivity index (χ0v) is 18.1. The molecule has 4 aliphatic heterocycles. The lowest BCUT2D eigenvalue weighted by molar-refractivity contribution is -0.136. The monoisotopic (exact) mass is 436 g/mol. The van der Waals surface area contributed by atoms with E-state index in [1.165, 1.54) is 26.1 Å². The predicted molar refractivity (Wildman–Crippen MR) is 116 cm³/mol. The maximum absolute atomic E-state index is 13.1. The molecule has 6 rings (SSSR count). The van der Waals surface area contributed by atoms with Crippen molar-refractivity contribution < 1.29 is 19.2 Å². The van der Waals surface area contributed by atoms with E-state index >= 15 is 0 Å². The zero-order chi connectivity index (χ0) is 22.0. The van der Waals surface area contributed by atoms with Crippen molar-refractivity contribution in [2.75, 3.05) is 37.6 Å². The molecule has 3 saturated heterocycles. The van der Waals surface area contributed by atoms with E-state index in [0.717, 1.165) is 54.3 Å². The Bertz CT molecular complexity index is 1010. The molecule has 0 aromatic heterocycles. The molecule has 1 aromatic carbocycles. The Morgan fingerprint density at radius 1 is 0.906 bits per heavy atom. The molecule has 168 valence electrons. The molecule has 0 bridgehead atoms. The SMILES string of the molecule is O=C1CCC(N2C(=O)c3ccc(N4CCC(CN5CC6CC6C5)CC4)cc3C2=O)C(=O)N1. The largest absolute Gasteiger partial charge is 0.371 e. The second kappa shape index (κ2) is 7.40. The molecule has 32 heavy (non-hydrogen) atoms. The number of anilines is 1. The molecule has 5 aliphatic rings. The number of likely N-dealkylation sites (tertiary alicyclic amines) is 1. The van der Waals surface area contributed by atoms with E-state index in [1.807, 2.05) is 6.07 Å². The first-order chi connectivity index (χ1) is 15.5. The van der Waals surface area contributed by atoms with Crippen LogP contribution in [0.1, 0.15) is 52.8 Å². The molecule has 4 fully saturated rings. The summed E-state index contributed by atoms with van der Waals surface area (Å²) < 4.78 is 0. The topological polar surface area (TPSA) is 90.0 Å². The van der Waals surface area contributed by atoms with Crippen LogP contribution in [0.2, 0.25) is 0 Å². The van der Waals surface area contributed by atoms with Gasteiger partial charge in [0.25, 0.3) is 11.8 Å². The minimum atomic E-state index is -0.920. The number of hydrogen-bond acceptors (Lipinski definition) is 6. The molecule has 3 unspecified atom stereocenters. The maximum atomic E-state index is 13.1. The van der Waals surface area contributed by atoms with Gasteiger partial charge < -0.3 is 9.80 Å². The number of nitrogens with zero attached hydrogens (tertiary/aromatic N) is 3. The fourth-order valence-electron chi connectivity index (χ4n) is 6.04. The molecule has 3 atom stereocenters. The van der Waals surface area contributed by atoms with Crippen LogP contribution in [0.25, 0.3) is 0 Å². The lowest BCUT2D eigenvalue weighted by Gasteiger charge is -2.35. The third-order valence-electron chi connectivity index (χ3n) is 7.97. The summed E-state index contributed by atoms with van der Waals surface area (Å²) in [6.45, 7) is 5.68. The summed E-state index contributed by atoms with van der Waals surface area (Å²) in [4.78, 5) is 55.6. The number of hydrogen-bond donors (Lipinski definition) is 1. The average molecular weight is 437 g/mol. The Kier molecular flexibility index (Phi) is 4.61. The molecular weight excluding hydrogens is 408 g/mol. The highest BCUT2D eigenvalue weighted by Crippen LogP contribution is 2.45. The van der Waals surface area contributed by atoms with Gasteiger partial charge in [-0.2, -0.15) is 0 Å². The van der Waals surface area contributed by atoms with Crippen LogP contribution in [0, 0.1) is 17.8 Å². The third kappa shape index (κ3) is 3.32. The molecule has 8 nitrogen and oxygen atoms in total. The van der Waals surface area contributed by atoms with Crippen molar-refractivity contribution in [3.63, 3.8) is 0 Å². The van der Waals surface area contributed by atoms with Gasteiger partial charge in [0.2, 0.25) is 11.8 Å². The van der Waals surface area contributed by atoms with Gasteiger partial charge in [0.15, 0.2) is 0 Å². The van der Waals surface area contributed by atoms with Gasteiger partial charge in [-0.05, 0) is 61.6 Å². The number of fused-ring (bicyclic) bond motifs is 2. The van der Waals surface area contributed by atoms with E-state index in [4.69, 9.17) is 0 Å². The Balaban J connectivity index is 1.12. The van der Waals surface area contributed by atoms with Crippen molar-refractivity contribution in [3.05, 3.63) is 29.3 Å². The first-order valence-corrected chi connectivity index (χ1v) is 11.8. The number of carbonyl (C=O) groups excluding carboxylic acids is 4. The highest BCUT2D eigenvalue weighted by atomic mass is 16.2. The first-order valence-electron chi connectivity index (χ1n) is 11.8. The second-order valence-corrected chi connectivity index (χ2v) is 10.1. The van der Waals surface area contributed by atoms with Crippen molar-refractivity contribution in [2.45, 2.75) is 38.1 Å². The van der Waals surface area contributed by atoms with Crippen LogP contribution in [0.5, 0.6) is 0 Å². The van der Waals surface area contributed by atoms with Gasteiger partial charge in [0.1, 0.15) is 6.04 Å². The smallest absolute Gasteiger partial charge is 0.262 e. The van der Waals surface area contributed by atoms with Gasteiger partial charge in [-0.15, -0.1) is 0 Å². The number of nitrogens with one attached hydrogen (secondary N) is 1. The Morgan fingerprint density at radius 2 is 1.62 bits per heavy atom. The molecule has 1 aliphatic carbocycles. The molecule has 8 heteroatoms. The molecule has 0 spiro atoms. The maximum Gasteiger partial charge on any atom is 0.262 e. The fraction of sp³-hybridized carbons (Fsp3) is 0.583. The number of carbonyl (C=O) groups is 4. The summed E-state index contributed by atoms with van der Waals surface area (Å²) in [6.07, 6.45) is 4.02. The quantitative estimate of drug-likeness (QED) is 0.715. The number of benzene rings is 1. The van der Waals surface area contributed by atoms with Gasteiger partial charge in [-0.1, -0.05) is 0 Å². The van der Waals surface area contributed by atoms with E-state index in [2.05, 4.69) is 15.1 Å². The second-order valence-electron chi connectivity index (χ2n) is 10.1. The van der Waals surface area contributed by atoms with Gasteiger partial charge in [-0.3, -0.25) is 29.4 Å². The van der Waals surface area contributed by atoms with Crippen LogP contribution in [-0.2, 0) is 9.59 Å². The average Bonchev–Trinajstić information content (AvgIpc) is 3.32. The van der Waals surface area contributed by atoms with Crippen LogP contribution >= 0.6 is 0 Å². The minimum absolute atomic E-state index is 0.128. The number of rotatable bonds is 4. The van der Waals surface area contributed by atoms with Gasteiger partial charge in [0, 0.05) is 44.8 Å². The standard InChI is InChI=1S/C24H28N4O4/c29-21-4-3-20(22(30)25-21)28-23(31)18-2-1-17(10-19(18)24(28)32)27-7-5-14(6-8-27)11-26-12-15-9-16(15)13-26/h1-2,10,14-16,20H,3-9,11-13H2,(H,25,29,30). The lowest BCUT2D eigenvalue weighted by atomic mass is 9.95. The minimum Gasteiger partial charge on any atom is -0.371 e.